The number of aliphatic carboxylic acids is 2. The summed E-state index contributed by atoms with van der Waals surface area (Å²) in [6.07, 6.45) is 4.92. The molecule has 2 N–H and O–H groups in total. The number of aliphatic imine (C=N–C) groups is 2. The zero-order valence-electron chi connectivity index (χ0n) is 25.8. The van der Waals surface area contributed by atoms with Gasteiger partial charge in [-0.1, -0.05) is 74.5 Å². The molecule has 0 saturated heterocycles. The normalized spacial score (nSPS) is 10.3. The fourth-order valence-corrected chi connectivity index (χ4v) is 4.21. The van der Waals surface area contributed by atoms with Crippen LogP contribution >= 0.6 is 0 Å². The molecule has 0 bridgehead atoms. The number of carboxylic acids is 2. The molecule has 4 rings (SSSR count). The van der Waals surface area contributed by atoms with Crippen molar-refractivity contribution in [3.05, 3.63) is 107 Å². The molecule has 237 valence electrons. The summed E-state index contributed by atoms with van der Waals surface area (Å²) in [4.78, 5) is 26.8. The van der Waals surface area contributed by atoms with Crippen molar-refractivity contribution in [1.29, 1.82) is 0 Å². The molecule has 0 aliphatic heterocycles. The van der Waals surface area contributed by atoms with E-state index in [1.807, 2.05) is 74.5 Å². The molecular formula is C36H38CoN2O6. The molecule has 0 aliphatic carbocycles. The molecular weight excluding hydrogens is 615 g/mol. The van der Waals surface area contributed by atoms with Crippen LogP contribution in [0.4, 0.5) is 0 Å². The van der Waals surface area contributed by atoms with Crippen molar-refractivity contribution in [3.63, 3.8) is 0 Å². The number of nitrogens with zero attached hydrogens (tertiary/aromatic N) is 2. The van der Waals surface area contributed by atoms with Gasteiger partial charge in [0.15, 0.2) is 0 Å². The van der Waals surface area contributed by atoms with Crippen LogP contribution in [-0.4, -0.2) is 47.7 Å². The van der Waals surface area contributed by atoms with Crippen molar-refractivity contribution in [3.8, 4) is 33.8 Å². The number of aryl methyl sites for hydroxylation is 2. The molecule has 45 heavy (non-hydrogen) atoms. The molecule has 9 heteroatoms. The van der Waals surface area contributed by atoms with Gasteiger partial charge in [0.25, 0.3) is 0 Å². The Bertz CT molecular complexity index is 1440. The number of phenolic OH excluding ortho intramolecular Hbond substituents is 2. The number of rotatable bonds is 9. The summed E-state index contributed by atoms with van der Waals surface area (Å²) in [5, 5.41) is 39.1. The molecule has 0 spiro atoms. The van der Waals surface area contributed by atoms with Crippen LogP contribution in [0.5, 0.6) is 11.5 Å². The van der Waals surface area contributed by atoms with Gasteiger partial charge in [0.05, 0.1) is 13.1 Å². The minimum atomic E-state index is -1.08. The average molecular weight is 654 g/mol. The van der Waals surface area contributed by atoms with E-state index in [9.17, 15) is 10.2 Å². The Hall–Kier alpha value is -4.73. The quantitative estimate of drug-likeness (QED) is 0.200. The van der Waals surface area contributed by atoms with Gasteiger partial charge < -0.3 is 30.0 Å². The Morgan fingerprint density at radius 2 is 0.933 bits per heavy atom. The van der Waals surface area contributed by atoms with Crippen molar-refractivity contribution < 1.29 is 46.8 Å². The summed E-state index contributed by atoms with van der Waals surface area (Å²) in [6, 6.07) is 28.3. The standard InChI is InChI=1S/C32H32N2O2.2C2H4O2.Co/c1-3-23-17-27(25-11-7-5-8-12-25)19-29(31(23)35)21-33-15-16-34-22-30-20-28(18-24(4-2)32(30)36)26-13-9-6-10-14-26;2*1-2(3)4;/h5-14,17-22,35-36H,3-4,15-16H2,1-2H3;2*1H3,(H,3,4);/q;;;+2/p-2. The van der Waals surface area contributed by atoms with Crippen LogP contribution in [-0.2, 0) is 39.2 Å². The first-order valence-corrected chi connectivity index (χ1v) is 14.2. The second kappa shape index (κ2) is 20.3. The molecule has 0 fully saturated rings. The largest absolute Gasteiger partial charge is 2.00 e. The molecule has 0 aromatic heterocycles. The van der Waals surface area contributed by atoms with Crippen LogP contribution in [0.1, 0.15) is 49.9 Å². The monoisotopic (exact) mass is 653 g/mol. The molecule has 4 aromatic carbocycles. The Kier molecular flexibility index (Phi) is 17.2. The second-order valence-electron chi connectivity index (χ2n) is 9.64. The maximum Gasteiger partial charge on any atom is 2.00 e. The number of hydrogen-bond acceptors (Lipinski definition) is 8. The van der Waals surface area contributed by atoms with Crippen LogP contribution in [0, 0.1) is 0 Å². The maximum absolute atomic E-state index is 10.7. The average Bonchev–Trinajstić information content (AvgIpc) is 3.00. The van der Waals surface area contributed by atoms with Gasteiger partial charge in [-0.3, -0.25) is 9.98 Å². The fourth-order valence-electron chi connectivity index (χ4n) is 4.21. The second-order valence-corrected chi connectivity index (χ2v) is 9.64. The molecule has 1 radical (unpaired) electrons. The molecule has 0 heterocycles. The van der Waals surface area contributed by atoms with Gasteiger partial charge in [0.1, 0.15) is 11.5 Å². The van der Waals surface area contributed by atoms with E-state index in [2.05, 4.69) is 34.3 Å². The van der Waals surface area contributed by atoms with E-state index in [0.29, 0.717) is 24.2 Å². The van der Waals surface area contributed by atoms with E-state index < -0.39 is 11.9 Å². The van der Waals surface area contributed by atoms with Crippen LogP contribution in [0.3, 0.4) is 0 Å². The SMILES string of the molecule is CC(=O)[O-].CC(=O)[O-].CCc1cc(-c2ccccc2)cc(C=NCCN=Cc2cc(-c3ccccc3)cc(CC)c2O)c1O.[Co+2]. The first-order chi connectivity index (χ1) is 21.1. The van der Waals surface area contributed by atoms with Gasteiger partial charge in [-0.15, -0.1) is 0 Å². The summed E-state index contributed by atoms with van der Waals surface area (Å²) >= 11 is 0. The number of phenols is 2. The van der Waals surface area contributed by atoms with E-state index in [1.165, 1.54) is 0 Å². The summed E-state index contributed by atoms with van der Waals surface area (Å²) in [5.41, 5.74) is 7.55. The predicted molar refractivity (Wildman–Crippen MR) is 172 cm³/mol. The Balaban J connectivity index is 0.00000101. The molecule has 0 atom stereocenters. The zero-order valence-corrected chi connectivity index (χ0v) is 26.9. The first kappa shape index (κ1) is 38.3. The number of aromatic hydroxyl groups is 2. The van der Waals surface area contributed by atoms with Gasteiger partial charge in [-0.2, -0.15) is 0 Å². The first-order valence-electron chi connectivity index (χ1n) is 14.2. The Morgan fingerprint density at radius 1 is 0.622 bits per heavy atom. The van der Waals surface area contributed by atoms with Crippen molar-refractivity contribution >= 4 is 24.4 Å². The van der Waals surface area contributed by atoms with Gasteiger partial charge in [0, 0.05) is 35.5 Å². The van der Waals surface area contributed by atoms with E-state index in [4.69, 9.17) is 19.8 Å². The molecule has 4 aromatic rings. The van der Waals surface area contributed by atoms with E-state index in [-0.39, 0.29) is 28.3 Å². The molecule has 0 saturated carbocycles. The Morgan fingerprint density at radius 3 is 1.22 bits per heavy atom. The van der Waals surface area contributed by atoms with Crippen LogP contribution in [0.25, 0.3) is 22.3 Å². The Labute approximate surface area is 275 Å². The zero-order chi connectivity index (χ0) is 32.5. The maximum atomic E-state index is 10.7. The summed E-state index contributed by atoms with van der Waals surface area (Å²) in [5.74, 6) is -1.61. The third-order valence-corrected chi connectivity index (χ3v) is 6.23. The van der Waals surface area contributed by atoms with Crippen molar-refractivity contribution in [2.45, 2.75) is 40.5 Å². The minimum absolute atomic E-state index is 0. The number of carboxylic acid groups (broad SMARTS) is 2. The topological polar surface area (TPSA) is 145 Å². The third kappa shape index (κ3) is 13.2. The molecule has 0 amide bonds. The molecule has 0 aliphatic rings. The number of hydrogen-bond donors (Lipinski definition) is 2. The number of benzene rings is 4. The smallest absolute Gasteiger partial charge is 0.550 e. The summed E-state index contributed by atoms with van der Waals surface area (Å²) in [7, 11) is 0. The van der Waals surface area contributed by atoms with Crippen LogP contribution in [0.15, 0.2) is 94.9 Å². The van der Waals surface area contributed by atoms with E-state index >= 15 is 0 Å². The third-order valence-electron chi connectivity index (χ3n) is 6.23. The van der Waals surface area contributed by atoms with Crippen molar-refractivity contribution in [2.75, 3.05) is 13.1 Å². The summed E-state index contributed by atoms with van der Waals surface area (Å²) in [6.45, 7) is 6.97. The summed E-state index contributed by atoms with van der Waals surface area (Å²) < 4.78 is 0. The van der Waals surface area contributed by atoms with E-state index in [1.54, 1.807) is 12.4 Å². The van der Waals surface area contributed by atoms with E-state index in [0.717, 1.165) is 60.1 Å². The molecule has 8 nitrogen and oxygen atoms in total. The van der Waals surface area contributed by atoms with Gasteiger partial charge >= 0.3 is 16.8 Å². The number of carbonyl (C=O) groups excluding carboxylic acids is 2. The van der Waals surface area contributed by atoms with Gasteiger partial charge in [-0.05, 0) is 84.3 Å². The molecule has 0 unspecified atom stereocenters. The van der Waals surface area contributed by atoms with Gasteiger partial charge in [0.2, 0.25) is 0 Å². The van der Waals surface area contributed by atoms with Crippen molar-refractivity contribution in [2.24, 2.45) is 9.98 Å². The minimum Gasteiger partial charge on any atom is -0.550 e. The van der Waals surface area contributed by atoms with Crippen LogP contribution in [0.2, 0.25) is 0 Å². The van der Waals surface area contributed by atoms with Crippen molar-refractivity contribution in [1.82, 2.24) is 0 Å². The fraction of sp³-hybridized carbons (Fsp3) is 0.222. The van der Waals surface area contributed by atoms with Gasteiger partial charge in [-0.25, -0.2) is 0 Å². The van der Waals surface area contributed by atoms with Crippen LogP contribution < -0.4 is 10.2 Å². The number of carbonyl (C=O) groups is 2. The predicted octanol–water partition coefficient (Wildman–Crippen LogP) is 4.60.